The van der Waals surface area contributed by atoms with Gasteiger partial charge in [0, 0.05) is 42.1 Å². The van der Waals surface area contributed by atoms with Crippen molar-refractivity contribution in [3.8, 4) is 33.6 Å². The van der Waals surface area contributed by atoms with Gasteiger partial charge in [0.05, 0.1) is 22.4 Å². The summed E-state index contributed by atoms with van der Waals surface area (Å²) in [6, 6.07) is 56.7. The first kappa shape index (κ1) is 26.3. The molecular formula is C44H26N2S. The summed E-state index contributed by atoms with van der Waals surface area (Å²) in [5, 5.41) is 9.81. The van der Waals surface area contributed by atoms with Gasteiger partial charge >= 0.3 is 0 Å². The molecule has 0 fully saturated rings. The van der Waals surface area contributed by atoms with Gasteiger partial charge in [-0.2, -0.15) is 0 Å². The second-order valence-corrected chi connectivity index (χ2v) is 13.2. The number of nitrogens with zero attached hydrogens (tertiary/aromatic N) is 2. The van der Waals surface area contributed by atoms with Gasteiger partial charge in [0.1, 0.15) is 0 Å². The minimum absolute atomic E-state index is 0.928. The van der Waals surface area contributed by atoms with Crippen molar-refractivity contribution in [2.24, 2.45) is 0 Å². The topological polar surface area (TPSA) is 25.8 Å². The zero-order valence-corrected chi connectivity index (χ0v) is 26.1. The summed E-state index contributed by atoms with van der Waals surface area (Å²) in [4.78, 5) is 10.3. The van der Waals surface area contributed by atoms with E-state index in [4.69, 9.17) is 9.97 Å². The highest BCUT2D eigenvalue weighted by atomic mass is 32.1. The van der Waals surface area contributed by atoms with Crippen LogP contribution in [0, 0.1) is 0 Å². The van der Waals surface area contributed by atoms with Gasteiger partial charge in [-0.3, -0.25) is 0 Å². The van der Waals surface area contributed by atoms with Gasteiger partial charge in [-0.05, 0) is 63.0 Å². The predicted octanol–water partition coefficient (Wildman–Crippen LogP) is 12.5. The number of hydrogen-bond acceptors (Lipinski definition) is 3. The fourth-order valence-corrected chi connectivity index (χ4v) is 8.31. The summed E-state index contributed by atoms with van der Waals surface area (Å²) in [7, 11) is 0. The molecule has 0 aliphatic heterocycles. The van der Waals surface area contributed by atoms with Gasteiger partial charge in [0.2, 0.25) is 0 Å². The molecular weight excluding hydrogens is 589 g/mol. The number of hydrogen-bond donors (Lipinski definition) is 0. The van der Waals surface area contributed by atoms with Crippen molar-refractivity contribution in [2.45, 2.75) is 0 Å². The molecule has 0 spiro atoms. The van der Waals surface area contributed by atoms with Crippen molar-refractivity contribution in [3.63, 3.8) is 0 Å². The average molecular weight is 615 g/mol. The molecule has 0 radical (unpaired) electrons. The zero-order chi connectivity index (χ0) is 30.9. The molecule has 0 atom stereocenters. The van der Waals surface area contributed by atoms with Crippen LogP contribution in [0.15, 0.2) is 158 Å². The van der Waals surface area contributed by atoms with Gasteiger partial charge in [-0.25, -0.2) is 9.97 Å². The van der Waals surface area contributed by atoms with E-state index in [0.29, 0.717) is 0 Å². The maximum atomic E-state index is 5.20. The Kier molecular flexibility index (Phi) is 5.78. The summed E-state index contributed by atoms with van der Waals surface area (Å²) in [5.74, 6) is 0. The highest BCUT2D eigenvalue weighted by Gasteiger charge is 2.13. The molecule has 0 saturated heterocycles. The quantitative estimate of drug-likeness (QED) is 0.185. The van der Waals surface area contributed by atoms with E-state index in [-0.39, 0.29) is 0 Å². The average Bonchev–Trinajstić information content (AvgIpc) is 3.53. The molecule has 3 heteroatoms. The molecule has 3 aromatic heterocycles. The van der Waals surface area contributed by atoms with Crippen molar-refractivity contribution < 1.29 is 0 Å². The highest BCUT2D eigenvalue weighted by Crippen LogP contribution is 2.41. The van der Waals surface area contributed by atoms with Gasteiger partial charge in [0.25, 0.3) is 0 Å². The Hall–Kier alpha value is -5.90. The molecule has 10 aromatic rings. The largest absolute Gasteiger partial charge is 0.245 e. The minimum atomic E-state index is 0.928. The standard InChI is InChI=1S/C44H26N2S/c1-2-7-27(8-3-1)39-23-19-28-13-14-29-20-24-40(46-43(29)42(28)45-39)33-18-22-35-31(26-33)16-15-30-25-32(17-21-34(30)35)36-10-6-11-38-37-9-4-5-12-41(37)47-44(36)38/h1-26H. The molecule has 2 nitrogen and oxygen atoms in total. The Labute approximate surface area is 275 Å². The number of thiophene rings is 1. The van der Waals surface area contributed by atoms with Crippen LogP contribution in [0.1, 0.15) is 0 Å². The minimum Gasteiger partial charge on any atom is -0.245 e. The lowest BCUT2D eigenvalue weighted by Crippen LogP contribution is -1.91. The molecule has 0 unspecified atom stereocenters. The Bertz CT molecular complexity index is 2850. The molecule has 0 amide bonds. The third kappa shape index (κ3) is 4.25. The van der Waals surface area contributed by atoms with Crippen LogP contribution in [0.4, 0.5) is 0 Å². The van der Waals surface area contributed by atoms with Crippen molar-refractivity contribution in [1.82, 2.24) is 9.97 Å². The van der Waals surface area contributed by atoms with Crippen LogP contribution in [0.5, 0.6) is 0 Å². The molecule has 0 aliphatic carbocycles. The number of benzene rings is 7. The van der Waals surface area contributed by atoms with Gasteiger partial charge < -0.3 is 0 Å². The van der Waals surface area contributed by atoms with Gasteiger partial charge in [-0.15, -0.1) is 11.3 Å². The normalized spacial score (nSPS) is 11.8. The van der Waals surface area contributed by atoms with Crippen LogP contribution in [0.3, 0.4) is 0 Å². The van der Waals surface area contributed by atoms with Crippen molar-refractivity contribution in [2.75, 3.05) is 0 Å². The Morgan fingerprint density at radius 3 is 1.68 bits per heavy atom. The highest BCUT2D eigenvalue weighted by molar-refractivity contribution is 7.26. The number of fused-ring (bicyclic) bond motifs is 9. The molecule has 0 aliphatic rings. The molecule has 47 heavy (non-hydrogen) atoms. The van der Waals surface area contributed by atoms with E-state index in [0.717, 1.165) is 44.3 Å². The molecule has 218 valence electrons. The van der Waals surface area contributed by atoms with E-state index < -0.39 is 0 Å². The first-order valence-electron chi connectivity index (χ1n) is 15.9. The van der Waals surface area contributed by atoms with Gasteiger partial charge in [-0.1, -0.05) is 127 Å². The third-order valence-corrected chi connectivity index (χ3v) is 10.7. The summed E-state index contributed by atoms with van der Waals surface area (Å²) < 4.78 is 2.68. The number of pyridine rings is 2. The SMILES string of the molecule is c1ccc(-c2ccc3ccc4ccc(-c5ccc6c(ccc7cc(-c8cccc9c8sc8ccccc89)ccc76)c5)nc4c3n2)cc1. The zero-order valence-electron chi connectivity index (χ0n) is 25.3. The van der Waals surface area contributed by atoms with E-state index in [1.807, 2.05) is 17.4 Å². The maximum Gasteiger partial charge on any atom is 0.0972 e. The fraction of sp³-hybridized carbons (Fsp3) is 0. The number of aromatic nitrogens is 2. The first-order valence-corrected chi connectivity index (χ1v) is 16.7. The summed E-state index contributed by atoms with van der Waals surface area (Å²) in [6.45, 7) is 0. The second kappa shape index (κ2) is 10.3. The molecule has 7 aromatic carbocycles. The van der Waals surface area contributed by atoms with Crippen LogP contribution in [0.25, 0.3) is 97.2 Å². The second-order valence-electron chi connectivity index (χ2n) is 12.2. The van der Waals surface area contributed by atoms with Crippen LogP contribution >= 0.6 is 11.3 Å². The predicted molar refractivity (Wildman–Crippen MR) is 201 cm³/mol. The Morgan fingerprint density at radius 2 is 0.936 bits per heavy atom. The van der Waals surface area contributed by atoms with E-state index in [9.17, 15) is 0 Å². The summed E-state index contributed by atoms with van der Waals surface area (Å²) in [5.41, 5.74) is 8.52. The van der Waals surface area contributed by atoms with E-state index in [1.54, 1.807) is 0 Å². The lowest BCUT2D eigenvalue weighted by atomic mass is 9.95. The molecule has 0 N–H and O–H groups in total. The number of rotatable bonds is 3. The lowest BCUT2D eigenvalue weighted by Gasteiger charge is -2.11. The molecule has 0 saturated carbocycles. The Morgan fingerprint density at radius 1 is 0.362 bits per heavy atom. The van der Waals surface area contributed by atoms with Crippen LogP contribution in [0.2, 0.25) is 0 Å². The van der Waals surface area contributed by atoms with Crippen molar-refractivity contribution in [3.05, 3.63) is 158 Å². The van der Waals surface area contributed by atoms with E-state index >= 15 is 0 Å². The summed E-state index contributed by atoms with van der Waals surface area (Å²) in [6.07, 6.45) is 0. The van der Waals surface area contributed by atoms with Gasteiger partial charge in [0.15, 0.2) is 0 Å². The van der Waals surface area contributed by atoms with E-state index in [1.165, 1.54) is 52.8 Å². The van der Waals surface area contributed by atoms with Crippen LogP contribution in [-0.4, -0.2) is 9.97 Å². The molecule has 0 bridgehead atoms. The van der Waals surface area contributed by atoms with Crippen molar-refractivity contribution >= 4 is 74.9 Å². The summed E-state index contributed by atoms with van der Waals surface area (Å²) >= 11 is 1.88. The van der Waals surface area contributed by atoms with Crippen molar-refractivity contribution in [1.29, 1.82) is 0 Å². The smallest absolute Gasteiger partial charge is 0.0972 e. The van der Waals surface area contributed by atoms with E-state index in [2.05, 4.69) is 152 Å². The molecule has 3 heterocycles. The first-order chi connectivity index (χ1) is 23.3. The lowest BCUT2D eigenvalue weighted by molar-refractivity contribution is 1.37. The van der Waals surface area contributed by atoms with Crippen LogP contribution in [-0.2, 0) is 0 Å². The fourth-order valence-electron chi connectivity index (χ4n) is 7.07. The molecule has 10 rings (SSSR count). The van der Waals surface area contributed by atoms with Crippen LogP contribution < -0.4 is 0 Å². The Balaban J connectivity index is 1.06. The maximum absolute atomic E-state index is 5.20. The monoisotopic (exact) mass is 614 g/mol. The third-order valence-electron chi connectivity index (χ3n) is 9.44.